The molecule has 11 heteroatoms. The number of phenolic OH excluding ortho intramolecular Hbond substituents is 1. The van der Waals surface area contributed by atoms with E-state index in [1.807, 2.05) is 59.8 Å². The first-order chi connectivity index (χ1) is 23.3. The summed E-state index contributed by atoms with van der Waals surface area (Å²) in [6, 6.07) is 24.5. The van der Waals surface area contributed by atoms with Gasteiger partial charge in [0.2, 0.25) is 0 Å². The van der Waals surface area contributed by atoms with Gasteiger partial charge in [-0.05, 0) is 60.9 Å². The van der Waals surface area contributed by atoms with Crippen LogP contribution in [0.4, 0.5) is 11.4 Å². The molecule has 7 rings (SSSR count). The molecule has 5 aromatic rings. The van der Waals surface area contributed by atoms with Crippen molar-refractivity contribution in [2.45, 2.75) is 25.9 Å². The summed E-state index contributed by atoms with van der Waals surface area (Å²) in [5.74, 6) is -0.151. The van der Waals surface area contributed by atoms with Crippen LogP contribution < -0.4 is 4.90 Å². The standard InChI is InChI=1S/C38H40N6O4.ClH/c1-26-35(38(47)44(31-22-39-40(2)24-31)29-12-14-32(45)15-13-29)21-36(41(26)3)33-10-6-7-11-34(33)37(46)43-23-28-9-5-4-8-27(28)20-30(43)25-42-16-18-48-19-17-42;/h4-15,21-22,24,30,45H,16-20,23,25H2,1-3H3;1H/t30-;/m0./s1. The highest BCUT2D eigenvalue weighted by molar-refractivity contribution is 6.12. The molecular formula is C38H41ClN6O4. The van der Waals surface area contributed by atoms with Crippen LogP contribution in [0.15, 0.2) is 91.3 Å². The predicted molar refractivity (Wildman–Crippen MR) is 192 cm³/mol. The summed E-state index contributed by atoms with van der Waals surface area (Å²) in [7, 11) is 3.73. The maximum atomic E-state index is 14.7. The lowest BCUT2D eigenvalue weighted by Crippen LogP contribution is -2.52. The molecule has 0 unspecified atom stereocenters. The third-order valence-corrected chi connectivity index (χ3v) is 9.65. The lowest BCUT2D eigenvalue weighted by atomic mass is 9.92. The van der Waals surface area contributed by atoms with Gasteiger partial charge in [-0.15, -0.1) is 12.4 Å². The van der Waals surface area contributed by atoms with Crippen LogP contribution in [0.2, 0.25) is 0 Å². The monoisotopic (exact) mass is 680 g/mol. The molecule has 2 aliphatic rings. The average molecular weight is 681 g/mol. The number of morpholine rings is 1. The quantitative estimate of drug-likeness (QED) is 0.236. The van der Waals surface area contributed by atoms with Crippen molar-refractivity contribution in [3.63, 3.8) is 0 Å². The van der Waals surface area contributed by atoms with Gasteiger partial charge in [0.15, 0.2) is 0 Å². The molecular weight excluding hydrogens is 640 g/mol. The Labute approximate surface area is 292 Å². The Kier molecular flexibility index (Phi) is 9.91. The Hall–Kier alpha value is -4.90. The number of fused-ring (bicyclic) bond motifs is 1. The summed E-state index contributed by atoms with van der Waals surface area (Å²) in [4.78, 5) is 35.1. The number of benzene rings is 3. The van der Waals surface area contributed by atoms with Gasteiger partial charge < -0.3 is 19.3 Å². The van der Waals surface area contributed by atoms with Gasteiger partial charge >= 0.3 is 0 Å². The molecule has 2 aliphatic heterocycles. The topological polar surface area (TPSA) is 96.1 Å². The van der Waals surface area contributed by atoms with Crippen molar-refractivity contribution in [2.75, 3.05) is 37.7 Å². The molecule has 0 aliphatic carbocycles. The van der Waals surface area contributed by atoms with Crippen molar-refractivity contribution in [3.05, 3.63) is 119 Å². The number of hydrogen-bond acceptors (Lipinski definition) is 6. The number of anilines is 2. The molecule has 0 saturated carbocycles. The molecule has 49 heavy (non-hydrogen) atoms. The molecule has 1 N–H and O–H groups in total. The largest absolute Gasteiger partial charge is 0.508 e. The highest BCUT2D eigenvalue weighted by Gasteiger charge is 2.34. The van der Waals surface area contributed by atoms with E-state index in [1.54, 1.807) is 53.3 Å². The third kappa shape index (κ3) is 6.72. The van der Waals surface area contributed by atoms with E-state index in [0.29, 0.717) is 42.3 Å². The second-order valence-electron chi connectivity index (χ2n) is 12.6. The van der Waals surface area contributed by atoms with E-state index >= 15 is 0 Å². The summed E-state index contributed by atoms with van der Waals surface area (Å²) in [5, 5.41) is 14.2. The zero-order valence-electron chi connectivity index (χ0n) is 28.0. The maximum Gasteiger partial charge on any atom is 0.264 e. The van der Waals surface area contributed by atoms with E-state index < -0.39 is 0 Å². The van der Waals surface area contributed by atoms with Gasteiger partial charge in [0.25, 0.3) is 11.8 Å². The minimum atomic E-state index is -0.241. The number of aromatic nitrogens is 3. The van der Waals surface area contributed by atoms with Crippen molar-refractivity contribution in [1.29, 1.82) is 0 Å². The predicted octanol–water partition coefficient (Wildman–Crippen LogP) is 5.74. The number of hydrogen-bond donors (Lipinski definition) is 1. The van der Waals surface area contributed by atoms with E-state index in [4.69, 9.17) is 4.74 Å². The van der Waals surface area contributed by atoms with Crippen LogP contribution in [-0.2, 0) is 31.8 Å². The van der Waals surface area contributed by atoms with Crippen LogP contribution in [0.1, 0.15) is 37.5 Å². The fraction of sp³-hybridized carbons (Fsp3) is 0.289. The van der Waals surface area contributed by atoms with E-state index in [9.17, 15) is 14.7 Å². The van der Waals surface area contributed by atoms with Crippen LogP contribution >= 0.6 is 12.4 Å². The SMILES string of the molecule is Cc1c(C(=O)N(c2ccc(O)cc2)c2cnn(C)c2)cc(-c2ccccc2C(=O)N2Cc3ccccc3C[C@H]2CN2CCOCC2)n1C.Cl. The summed E-state index contributed by atoms with van der Waals surface area (Å²) < 4.78 is 9.22. The molecule has 10 nitrogen and oxygen atoms in total. The fourth-order valence-electron chi connectivity index (χ4n) is 6.92. The molecule has 1 fully saturated rings. The van der Waals surface area contributed by atoms with Gasteiger partial charge in [-0.1, -0.05) is 42.5 Å². The molecule has 2 aromatic heterocycles. The zero-order valence-corrected chi connectivity index (χ0v) is 28.8. The maximum absolute atomic E-state index is 14.7. The van der Waals surface area contributed by atoms with E-state index in [2.05, 4.69) is 28.2 Å². The summed E-state index contributed by atoms with van der Waals surface area (Å²) in [5.41, 5.74) is 7.09. The second-order valence-corrected chi connectivity index (χ2v) is 12.6. The number of aromatic hydroxyl groups is 1. The number of phenols is 1. The van der Waals surface area contributed by atoms with Gasteiger partial charge in [0.1, 0.15) is 5.75 Å². The van der Waals surface area contributed by atoms with E-state index in [0.717, 1.165) is 43.0 Å². The summed E-state index contributed by atoms with van der Waals surface area (Å²) >= 11 is 0. The summed E-state index contributed by atoms with van der Waals surface area (Å²) in [6.07, 6.45) is 4.22. The van der Waals surface area contributed by atoms with Crippen molar-refractivity contribution >= 4 is 35.6 Å². The smallest absolute Gasteiger partial charge is 0.264 e. The van der Waals surface area contributed by atoms with Crippen LogP contribution in [0, 0.1) is 6.92 Å². The molecule has 0 spiro atoms. The van der Waals surface area contributed by atoms with Gasteiger partial charge in [0.05, 0.1) is 30.7 Å². The number of aryl methyl sites for hydroxylation is 1. The Balaban J connectivity index is 0.00000417. The minimum absolute atomic E-state index is 0. The van der Waals surface area contributed by atoms with Crippen LogP contribution in [0.5, 0.6) is 5.75 Å². The average Bonchev–Trinajstić information content (AvgIpc) is 3.67. The molecule has 4 heterocycles. The van der Waals surface area contributed by atoms with E-state index in [1.165, 1.54) is 11.1 Å². The lowest BCUT2D eigenvalue weighted by molar-refractivity contribution is 0.0193. The number of halogens is 1. The zero-order chi connectivity index (χ0) is 33.4. The number of amides is 2. The van der Waals surface area contributed by atoms with Gasteiger partial charge in [-0.3, -0.25) is 24.1 Å². The molecule has 3 aromatic carbocycles. The third-order valence-electron chi connectivity index (χ3n) is 9.65. The molecule has 1 atom stereocenters. The Morgan fingerprint density at radius 1 is 0.918 bits per heavy atom. The Morgan fingerprint density at radius 2 is 1.61 bits per heavy atom. The van der Waals surface area contributed by atoms with Crippen molar-refractivity contribution in [1.82, 2.24) is 24.1 Å². The van der Waals surface area contributed by atoms with Gasteiger partial charge in [-0.25, -0.2) is 0 Å². The first kappa shape index (κ1) is 34.0. The molecule has 0 bridgehead atoms. The first-order valence-electron chi connectivity index (χ1n) is 16.3. The Bertz CT molecular complexity index is 1960. The Morgan fingerprint density at radius 3 is 2.33 bits per heavy atom. The fourth-order valence-corrected chi connectivity index (χ4v) is 6.92. The normalized spacial score (nSPS) is 16.1. The number of ether oxygens (including phenoxy) is 1. The lowest BCUT2D eigenvalue weighted by Gasteiger charge is -2.40. The number of carbonyl (C=O) groups is 2. The van der Waals surface area contributed by atoms with Crippen molar-refractivity contribution in [3.8, 4) is 17.0 Å². The van der Waals surface area contributed by atoms with Crippen molar-refractivity contribution in [2.24, 2.45) is 14.1 Å². The second kappa shape index (κ2) is 14.3. The van der Waals surface area contributed by atoms with E-state index in [-0.39, 0.29) is 36.0 Å². The first-order valence-corrected chi connectivity index (χ1v) is 16.3. The number of nitrogens with zero attached hydrogens (tertiary/aromatic N) is 6. The van der Waals surface area contributed by atoms with Gasteiger partial charge in [-0.2, -0.15) is 5.10 Å². The molecule has 2 amide bonds. The summed E-state index contributed by atoms with van der Waals surface area (Å²) in [6.45, 7) is 6.37. The molecule has 1 saturated heterocycles. The highest BCUT2D eigenvalue weighted by atomic mass is 35.5. The highest BCUT2D eigenvalue weighted by Crippen LogP contribution is 2.35. The van der Waals surface area contributed by atoms with Crippen molar-refractivity contribution < 1.29 is 19.4 Å². The van der Waals surface area contributed by atoms with Crippen LogP contribution in [0.3, 0.4) is 0 Å². The number of rotatable bonds is 7. The van der Waals surface area contributed by atoms with Crippen LogP contribution in [0.25, 0.3) is 11.3 Å². The molecule has 254 valence electrons. The minimum Gasteiger partial charge on any atom is -0.508 e. The van der Waals surface area contributed by atoms with Crippen LogP contribution in [-0.4, -0.2) is 80.0 Å². The molecule has 0 radical (unpaired) electrons. The van der Waals surface area contributed by atoms with Gasteiger partial charge in [0, 0.05) is 80.7 Å². The number of carbonyl (C=O) groups excluding carboxylic acids is 2.